The van der Waals surface area contributed by atoms with Crippen LogP contribution in [0.1, 0.15) is 11.1 Å². The van der Waals surface area contributed by atoms with E-state index in [1.54, 1.807) is 6.07 Å². The van der Waals surface area contributed by atoms with Crippen LogP contribution in [0.25, 0.3) is 6.08 Å². The number of nitro groups is 1. The van der Waals surface area contributed by atoms with E-state index in [1.807, 2.05) is 0 Å². The van der Waals surface area contributed by atoms with E-state index in [0.29, 0.717) is 17.3 Å². The van der Waals surface area contributed by atoms with Crippen molar-refractivity contribution >= 4 is 44.8 Å². The number of amides is 2. The van der Waals surface area contributed by atoms with E-state index in [-0.39, 0.29) is 28.5 Å². The second kappa shape index (κ2) is 10.4. The van der Waals surface area contributed by atoms with Gasteiger partial charge in [-0.2, -0.15) is 8.42 Å². The molecule has 1 fully saturated rings. The van der Waals surface area contributed by atoms with E-state index in [0.717, 1.165) is 17.0 Å². The van der Waals surface area contributed by atoms with Gasteiger partial charge in [-0.3, -0.25) is 24.6 Å². The first-order valence-electron chi connectivity index (χ1n) is 10.5. The molecule has 13 heteroatoms. The summed E-state index contributed by atoms with van der Waals surface area (Å²) in [5.74, 6) is -1.44. The highest BCUT2D eigenvalue weighted by Crippen LogP contribution is 2.36. The first-order chi connectivity index (χ1) is 17.6. The van der Waals surface area contributed by atoms with Crippen LogP contribution in [0.2, 0.25) is 0 Å². The topological polar surface area (TPSA) is 133 Å². The normalized spacial score (nSPS) is 14.8. The lowest BCUT2D eigenvalue weighted by molar-refractivity contribution is -0.387. The molecule has 0 atom stereocenters. The van der Waals surface area contributed by atoms with E-state index in [9.17, 15) is 32.5 Å². The SMILES string of the molecule is COc1cc(/C=C2\SC(=O)N(Cc3ccccc3F)C2=O)ccc1OS(=O)(=O)c1ccccc1[N+](=O)[O-]. The largest absolute Gasteiger partial charge is 0.493 e. The Balaban J connectivity index is 1.58. The number of halogens is 1. The number of nitrogens with zero attached hydrogens (tertiary/aromatic N) is 2. The fourth-order valence-corrected chi connectivity index (χ4v) is 5.36. The Morgan fingerprint density at radius 1 is 1.05 bits per heavy atom. The molecule has 1 heterocycles. The zero-order valence-electron chi connectivity index (χ0n) is 19.0. The summed E-state index contributed by atoms with van der Waals surface area (Å²) in [6.45, 7) is -0.228. The Kier molecular flexibility index (Phi) is 7.27. The fourth-order valence-electron chi connectivity index (χ4n) is 3.41. The van der Waals surface area contributed by atoms with Gasteiger partial charge in [-0.1, -0.05) is 36.4 Å². The molecule has 0 aromatic heterocycles. The molecule has 37 heavy (non-hydrogen) atoms. The Labute approximate surface area is 214 Å². The van der Waals surface area contributed by atoms with E-state index < -0.39 is 42.6 Å². The molecule has 0 N–H and O–H groups in total. The number of hydrogen-bond acceptors (Lipinski definition) is 9. The highest BCUT2D eigenvalue weighted by molar-refractivity contribution is 8.18. The lowest BCUT2D eigenvalue weighted by Crippen LogP contribution is -2.27. The van der Waals surface area contributed by atoms with Crippen molar-refractivity contribution in [2.24, 2.45) is 0 Å². The van der Waals surface area contributed by atoms with Gasteiger partial charge >= 0.3 is 10.1 Å². The van der Waals surface area contributed by atoms with Crippen molar-refractivity contribution < 1.29 is 36.2 Å². The van der Waals surface area contributed by atoms with Gasteiger partial charge in [-0.25, -0.2) is 4.39 Å². The first kappa shape index (κ1) is 25.9. The summed E-state index contributed by atoms with van der Waals surface area (Å²) in [7, 11) is -3.33. The Hall–Kier alpha value is -4.23. The summed E-state index contributed by atoms with van der Waals surface area (Å²) in [6.07, 6.45) is 1.40. The standard InChI is InChI=1S/C24H17FN2O8S2/c1-34-20-12-15(10-11-19(20)35-37(32,33)22-9-5-4-8-18(22)27(30)31)13-21-23(28)26(24(29)36-21)14-16-6-2-3-7-17(16)25/h2-13H,14H2,1H3/b21-13-. The van der Waals surface area contributed by atoms with Crippen LogP contribution in [-0.2, 0) is 21.5 Å². The molecule has 0 spiro atoms. The molecule has 2 amide bonds. The van der Waals surface area contributed by atoms with Crippen molar-refractivity contribution in [3.8, 4) is 11.5 Å². The quantitative estimate of drug-likeness (QED) is 0.170. The molecule has 0 radical (unpaired) electrons. The van der Waals surface area contributed by atoms with Gasteiger partial charge in [-0.15, -0.1) is 0 Å². The van der Waals surface area contributed by atoms with Crippen molar-refractivity contribution in [1.29, 1.82) is 0 Å². The van der Waals surface area contributed by atoms with Crippen molar-refractivity contribution in [1.82, 2.24) is 4.90 Å². The minimum absolute atomic E-state index is 0.0403. The maximum atomic E-state index is 14.0. The van der Waals surface area contributed by atoms with Gasteiger partial charge in [0.25, 0.3) is 16.8 Å². The molecule has 3 aromatic rings. The zero-order chi connectivity index (χ0) is 26.7. The lowest BCUT2D eigenvalue weighted by atomic mass is 10.1. The number of methoxy groups -OCH3 is 1. The number of carbonyl (C=O) groups excluding carboxylic acids is 2. The number of para-hydroxylation sites is 1. The molecule has 0 unspecified atom stereocenters. The van der Waals surface area contributed by atoms with E-state index in [4.69, 9.17) is 8.92 Å². The molecule has 1 aliphatic rings. The minimum atomic E-state index is -4.59. The Morgan fingerprint density at radius 2 is 1.76 bits per heavy atom. The number of rotatable bonds is 8. The van der Waals surface area contributed by atoms with Crippen LogP contribution in [0.5, 0.6) is 11.5 Å². The molecular weight excluding hydrogens is 527 g/mol. The zero-order valence-corrected chi connectivity index (χ0v) is 20.6. The van der Waals surface area contributed by atoms with Crippen LogP contribution < -0.4 is 8.92 Å². The van der Waals surface area contributed by atoms with Crippen molar-refractivity contribution in [2.45, 2.75) is 11.4 Å². The van der Waals surface area contributed by atoms with Gasteiger partial charge in [0.1, 0.15) is 5.82 Å². The van der Waals surface area contributed by atoms with Gasteiger partial charge < -0.3 is 8.92 Å². The Bertz CT molecular complexity index is 1560. The van der Waals surface area contributed by atoms with Crippen LogP contribution in [-0.4, -0.2) is 36.5 Å². The molecule has 0 aliphatic carbocycles. The van der Waals surface area contributed by atoms with Crippen LogP contribution >= 0.6 is 11.8 Å². The fraction of sp³-hybridized carbons (Fsp3) is 0.0833. The third-order valence-electron chi connectivity index (χ3n) is 5.18. The number of imide groups is 1. The van der Waals surface area contributed by atoms with Gasteiger partial charge in [0, 0.05) is 11.6 Å². The lowest BCUT2D eigenvalue weighted by Gasteiger charge is -2.13. The molecule has 0 bridgehead atoms. The summed E-state index contributed by atoms with van der Waals surface area (Å²) in [6, 6.07) is 14.6. The predicted octanol–water partition coefficient (Wildman–Crippen LogP) is 4.75. The van der Waals surface area contributed by atoms with Crippen LogP contribution in [0.3, 0.4) is 0 Å². The van der Waals surface area contributed by atoms with Crippen molar-refractivity contribution in [3.05, 3.63) is 98.7 Å². The number of thioether (sulfide) groups is 1. The third-order valence-corrected chi connectivity index (χ3v) is 7.37. The second-order valence-electron chi connectivity index (χ2n) is 7.53. The summed E-state index contributed by atoms with van der Waals surface area (Å²) in [5.41, 5.74) is -0.0815. The molecule has 1 aliphatic heterocycles. The van der Waals surface area contributed by atoms with Gasteiger partial charge in [-0.05, 0) is 47.7 Å². The first-order valence-corrected chi connectivity index (χ1v) is 12.7. The monoisotopic (exact) mass is 544 g/mol. The van der Waals surface area contributed by atoms with E-state index in [2.05, 4.69) is 0 Å². The summed E-state index contributed by atoms with van der Waals surface area (Å²) in [4.78, 5) is 35.9. The number of nitro benzene ring substituents is 1. The molecule has 3 aromatic carbocycles. The van der Waals surface area contributed by atoms with Gasteiger partial charge in [0.15, 0.2) is 16.4 Å². The number of ether oxygens (including phenoxy) is 1. The highest BCUT2D eigenvalue weighted by atomic mass is 32.2. The maximum absolute atomic E-state index is 14.0. The van der Waals surface area contributed by atoms with Crippen LogP contribution in [0.4, 0.5) is 14.9 Å². The second-order valence-corrected chi connectivity index (χ2v) is 10.0. The average molecular weight is 545 g/mol. The van der Waals surface area contributed by atoms with E-state index >= 15 is 0 Å². The minimum Gasteiger partial charge on any atom is -0.493 e. The molecule has 10 nitrogen and oxygen atoms in total. The number of benzene rings is 3. The molecule has 190 valence electrons. The Morgan fingerprint density at radius 3 is 2.46 bits per heavy atom. The predicted molar refractivity (Wildman–Crippen MR) is 132 cm³/mol. The van der Waals surface area contributed by atoms with Gasteiger partial charge in [0.2, 0.25) is 0 Å². The summed E-state index contributed by atoms with van der Waals surface area (Å²) >= 11 is 0.675. The van der Waals surface area contributed by atoms with Crippen molar-refractivity contribution in [3.63, 3.8) is 0 Å². The van der Waals surface area contributed by atoms with Gasteiger partial charge in [0.05, 0.1) is 23.5 Å². The summed E-state index contributed by atoms with van der Waals surface area (Å²) < 4.78 is 49.8. The third kappa shape index (κ3) is 5.47. The molecule has 4 rings (SSSR count). The maximum Gasteiger partial charge on any atom is 0.346 e. The smallest absolute Gasteiger partial charge is 0.346 e. The van der Waals surface area contributed by atoms with Crippen LogP contribution in [0, 0.1) is 15.9 Å². The van der Waals surface area contributed by atoms with Crippen molar-refractivity contribution in [2.75, 3.05) is 7.11 Å². The van der Waals surface area contributed by atoms with Crippen LogP contribution in [0.15, 0.2) is 76.5 Å². The molecule has 0 saturated carbocycles. The molecule has 1 saturated heterocycles. The highest BCUT2D eigenvalue weighted by Gasteiger charge is 2.35. The molecular formula is C24H17FN2O8S2. The average Bonchev–Trinajstić information content (AvgIpc) is 3.13. The number of carbonyl (C=O) groups is 2. The number of hydrogen-bond donors (Lipinski definition) is 0. The van der Waals surface area contributed by atoms with E-state index in [1.165, 1.54) is 61.7 Å². The summed E-state index contributed by atoms with van der Waals surface area (Å²) in [5, 5.41) is 10.7.